The maximum atomic E-state index is 12.7. The molecule has 2 rings (SSSR count). The number of halogens is 1. The van der Waals surface area contributed by atoms with Gasteiger partial charge in [-0.25, -0.2) is 4.39 Å². The van der Waals surface area contributed by atoms with Crippen LogP contribution in [0.4, 0.5) is 4.39 Å². The van der Waals surface area contributed by atoms with Crippen molar-refractivity contribution in [2.45, 2.75) is 13.1 Å². The van der Waals surface area contributed by atoms with Crippen molar-refractivity contribution in [1.29, 1.82) is 0 Å². The van der Waals surface area contributed by atoms with Gasteiger partial charge in [0.05, 0.1) is 0 Å². The van der Waals surface area contributed by atoms with Gasteiger partial charge in [-0.05, 0) is 35.4 Å². The maximum Gasteiger partial charge on any atom is 0.251 e. The smallest absolute Gasteiger partial charge is 0.251 e. The summed E-state index contributed by atoms with van der Waals surface area (Å²) in [6, 6.07) is 13.2. The minimum Gasteiger partial charge on any atom is -0.348 e. The van der Waals surface area contributed by atoms with E-state index < -0.39 is 0 Å². The minimum absolute atomic E-state index is 0.159. The van der Waals surface area contributed by atoms with Crippen LogP contribution in [-0.4, -0.2) is 5.91 Å². The fourth-order valence-corrected chi connectivity index (χ4v) is 1.68. The summed E-state index contributed by atoms with van der Waals surface area (Å²) < 4.78 is 12.7. The third-order valence-corrected chi connectivity index (χ3v) is 2.82. The molecule has 4 heteroatoms. The number of nitrogens with two attached hydrogens (primary N) is 1. The van der Waals surface area contributed by atoms with Crippen LogP contribution in [0.25, 0.3) is 0 Å². The zero-order valence-corrected chi connectivity index (χ0v) is 10.4. The fourth-order valence-electron chi connectivity index (χ4n) is 1.68. The molecule has 0 aliphatic rings. The van der Waals surface area contributed by atoms with Gasteiger partial charge in [0.15, 0.2) is 0 Å². The Bertz CT molecular complexity index is 549. The summed E-state index contributed by atoms with van der Waals surface area (Å²) in [5.74, 6) is -0.444. The van der Waals surface area contributed by atoms with Gasteiger partial charge in [0.1, 0.15) is 5.82 Å². The van der Waals surface area contributed by atoms with Crippen molar-refractivity contribution in [3.05, 3.63) is 71.0 Å². The number of hydrogen-bond acceptors (Lipinski definition) is 2. The second-order valence-electron chi connectivity index (χ2n) is 4.21. The van der Waals surface area contributed by atoms with Gasteiger partial charge in [0.2, 0.25) is 0 Å². The molecule has 1 amide bonds. The zero-order valence-electron chi connectivity index (χ0n) is 10.4. The molecule has 0 fully saturated rings. The Morgan fingerprint density at radius 2 is 1.58 bits per heavy atom. The molecule has 19 heavy (non-hydrogen) atoms. The van der Waals surface area contributed by atoms with E-state index in [0.29, 0.717) is 18.7 Å². The SMILES string of the molecule is NCc1ccc(C(=O)NCc2ccc(F)cc2)cc1. The summed E-state index contributed by atoms with van der Waals surface area (Å²) in [5, 5.41) is 2.78. The van der Waals surface area contributed by atoms with E-state index >= 15 is 0 Å². The van der Waals surface area contributed by atoms with E-state index in [1.807, 2.05) is 12.1 Å². The first-order valence-electron chi connectivity index (χ1n) is 6.00. The van der Waals surface area contributed by atoms with Crippen LogP contribution in [-0.2, 0) is 13.1 Å². The van der Waals surface area contributed by atoms with Crippen LogP contribution in [0, 0.1) is 5.82 Å². The molecule has 0 saturated heterocycles. The van der Waals surface area contributed by atoms with Crippen LogP contribution >= 0.6 is 0 Å². The van der Waals surface area contributed by atoms with Gasteiger partial charge in [-0.15, -0.1) is 0 Å². The van der Waals surface area contributed by atoms with Crippen LogP contribution < -0.4 is 11.1 Å². The first kappa shape index (κ1) is 13.2. The van der Waals surface area contributed by atoms with Crippen LogP contribution in [0.15, 0.2) is 48.5 Å². The lowest BCUT2D eigenvalue weighted by molar-refractivity contribution is 0.0951. The molecule has 0 bridgehead atoms. The number of benzene rings is 2. The summed E-state index contributed by atoms with van der Waals surface area (Å²) in [7, 11) is 0. The van der Waals surface area contributed by atoms with Gasteiger partial charge >= 0.3 is 0 Å². The van der Waals surface area contributed by atoms with Crippen LogP contribution in [0.3, 0.4) is 0 Å². The summed E-state index contributed by atoms with van der Waals surface area (Å²) in [5.41, 5.74) is 7.91. The third kappa shape index (κ3) is 3.63. The molecular formula is C15H15FN2O. The molecule has 2 aromatic carbocycles. The predicted molar refractivity (Wildman–Crippen MR) is 71.9 cm³/mol. The molecule has 0 aliphatic heterocycles. The Labute approximate surface area is 111 Å². The van der Waals surface area contributed by atoms with Gasteiger partial charge in [-0.2, -0.15) is 0 Å². The van der Waals surface area contributed by atoms with Crippen LogP contribution in [0.2, 0.25) is 0 Å². The lowest BCUT2D eigenvalue weighted by Crippen LogP contribution is -2.22. The summed E-state index contributed by atoms with van der Waals surface area (Å²) in [4.78, 5) is 11.9. The monoisotopic (exact) mass is 258 g/mol. The lowest BCUT2D eigenvalue weighted by atomic mass is 10.1. The van der Waals surface area contributed by atoms with Crippen molar-refractivity contribution in [3.63, 3.8) is 0 Å². The molecular weight excluding hydrogens is 243 g/mol. The van der Waals surface area contributed by atoms with Gasteiger partial charge in [0, 0.05) is 18.7 Å². The molecule has 3 nitrogen and oxygen atoms in total. The highest BCUT2D eigenvalue weighted by Crippen LogP contribution is 2.05. The fraction of sp³-hybridized carbons (Fsp3) is 0.133. The van der Waals surface area contributed by atoms with Gasteiger partial charge in [-0.1, -0.05) is 24.3 Å². The normalized spacial score (nSPS) is 10.2. The van der Waals surface area contributed by atoms with Crippen LogP contribution in [0.1, 0.15) is 21.5 Å². The summed E-state index contributed by atoms with van der Waals surface area (Å²) >= 11 is 0. The maximum absolute atomic E-state index is 12.7. The lowest BCUT2D eigenvalue weighted by Gasteiger charge is -2.06. The van der Waals surface area contributed by atoms with E-state index in [0.717, 1.165) is 11.1 Å². The van der Waals surface area contributed by atoms with Gasteiger partial charge in [-0.3, -0.25) is 4.79 Å². The van der Waals surface area contributed by atoms with E-state index in [1.165, 1.54) is 12.1 Å². The van der Waals surface area contributed by atoms with Crippen molar-refractivity contribution < 1.29 is 9.18 Å². The quantitative estimate of drug-likeness (QED) is 0.883. The minimum atomic E-state index is -0.285. The predicted octanol–water partition coefficient (Wildman–Crippen LogP) is 2.21. The highest BCUT2D eigenvalue weighted by molar-refractivity contribution is 5.94. The average Bonchev–Trinajstić information content (AvgIpc) is 2.46. The third-order valence-electron chi connectivity index (χ3n) is 2.82. The highest BCUT2D eigenvalue weighted by atomic mass is 19.1. The van der Waals surface area contributed by atoms with Gasteiger partial charge < -0.3 is 11.1 Å². The number of nitrogens with one attached hydrogen (secondary N) is 1. The standard InChI is InChI=1S/C15H15FN2O/c16-14-7-3-12(4-8-14)10-18-15(19)13-5-1-11(9-17)2-6-13/h1-8H,9-10,17H2,(H,18,19). The zero-order chi connectivity index (χ0) is 13.7. The Morgan fingerprint density at radius 1 is 1.00 bits per heavy atom. The average molecular weight is 258 g/mol. The Morgan fingerprint density at radius 3 is 2.16 bits per heavy atom. The highest BCUT2D eigenvalue weighted by Gasteiger charge is 2.04. The summed E-state index contributed by atoms with van der Waals surface area (Å²) in [6.07, 6.45) is 0. The number of amides is 1. The van der Waals surface area contributed by atoms with Crippen molar-refractivity contribution in [3.8, 4) is 0 Å². The molecule has 0 heterocycles. The second-order valence-corrected chi connectivity index (χ2v) is 4.21. The van der Waals surface area contributed by atoms with E-state index in [-0.39, 0.29) is 11.7 Å². The van der Waals surface area contributed by atoms with Crippen molar-refractivity contribution in [2.75, 3.05) is 0 Å². The second kappa shape index (κ2) is 6.11. The molecule has 0 unspecified atom stereocenters. The number of carbonyl (C=O) groups excluding carboxylic acids is 1. The molecule has 0 radical (unpaired) electrons. The van der Waals surface area contributed by atoms with E-state index in [2.05, 4.69) is 5.32 Å². The van der Waals surface area contributed by atoms with Crippen molar-refractivity contribution >= 4 is 5.91 Å². The van der Waals surface area contributed by atoms with Gasteiger partial charge in [0.25, 0.3) is 5.91 Å². The Kier molecular flexibility index (Phi) is 4.26. The van der Waals surface area contributed by atoms with E-state index in [1.54, 1.807) is 24.3 Å². The molecule has 0 atom stereocenters. The van der Waals surface area contributed by atoms with E-state index in [4.69, 9.17) is 5.73 Å². The Balaban J connectivity index is 1.95. The molecule has 2 aromatic rings. The first-order chi connectivity index (χ1) is 9.19. The topological polar surface area (TPSA) is 55.1 Å². The molecule has 0 aliphatic carbocycles. The molecule has 98 valence electrons. The molecule has 0 saturated carbocycles. The molecule has 3 N–H and O–H groups in total. The first-order valence-corrected chi connectivity index (χ1v) is 6.00. The van der Waals surface area contributed by atoms with Crippen LogP contribution in [0.5, 0.6) is 0 Å². The van der Waals surface area contributed by atoms with Crippen molar-refractivity contribution in [2.24, 2.45) is 5.73 Å². The molecule has 0 spiro atoms. The van der Waals surface area contributed by atoms with Crippen molar-refractivity contribution in [1.82, 2.24) is 5.32 Å². The number of hydrogen-bond donors (Lipinski definition) is 2. The van der Waals surface area contributed by atoms with E-state index in [9.17, 15) is 9.18 Å². The summed E-state index contributed by atoms with van der Waals surface area (Å²) in [6.45, 7) is 0.829. The number of rotatable bonds is 4. The number of carbonyl (C=O) groups is 1. The largest absolute Gasteiger partial charge is 0.348 e. The Hall–Kier alpha value is -2.20. The molecule has 0 aromatic heterocycles.